The summed E-state index contributed by atoms with van der Waals surface area (Å²) in [6, 6.07) is 5.84. The van der Waals surface area contributed by atoms with E-state index in [9.17, 15) is 9.59 Å². The Morgan fingerprint density at radius 3 is 2.70 bits per heavy atom. The molecule has 1 aromatic rings. The highest BCUT2D eigenvalue weighted by molar-refractivity contribution is 5.99. The molecule has 2 rings (SSSR count). The summed E-state index contributed by atoms with van der Waals surface area (Å²) in [6.45, 7) is 6.42. The Bertz CT molecular complexity index is 582. The van der Waals surface area contributed by atoms with E-state index in [1.54, 1.807) is 18.9 Å². The molecule has 1 unspecified atom stereocenters. The zero-order valence-corrected chi connectivity index (χ0v) is 14.4. The van der Waals surface area contributed by atoms with Crippen molar-refractivity contribution in [2.75, 3.05) is 18.5 Å². The van der Waals surface area contributed by atoms with Crippen LogP contribution in [-0.2, 0) is 16.0 Å². The summed E-state index contributed by atoms with van der Waals surface area (Å²) in [7, 11) is 1.76. The molecular formula is C18H26N2O3. The van der Waals surface area contributed by atoms with Crippen molar-refractivity contribution in [3.05, 3.63) is 23.8 Å². The summed E-state index contributed by atoms with van der Waals surface area (Å²) in [5.74, 6) is 0.899. The Balaban J connectivity index is 1.98. The molecule has 0 aromatic heterocycles. The Kier molecular flexibility index (Phi) is 5.64. The second-order valence-electron chi connectivity index (χ2n) is 6.01. The first-order valence-corrected chi connectivity index (χ1v) is 8.32. The fourth-order valence-corrected chi connectivity index (χ4v) is 2.85. The maximum atomic E-state index is 12.0. The highest BCUT2D eigenvalue weighted by Crippen LogP contribution is 2.33. The Morgan fingerprint density at radius 2 is 2.04 bits per heavy atom. The summed E-state index contributed by atoms with van der Waals surface area (Å²) in [5, 5.41) is 2.99. The lowest BCUT2D eigenvalue weighted by Gasteiger charge is -2.30. The number of nitrogens with one attached hydrogen (secondary N) is 1. The first-order valence-electron chi connectivity index (χ1n) is 8.32. The smallest absolute Gasteiger partial charge is 0.267 e. The van der Waals surface area contributed by atoms with Crippen LogP contribution in [0.1, 0.15) is 39.2 Å². The molecule has 0 fully saturated rings. The van der Waals surface area contributed by atoms with Gasteiger partial charge in [-0.1, -0.05) is 19.9 Å². The SMILES string of the molecule is CCC(CC)C(=O)NCCc1ccc2c(c1)N(C)C(=O)C(C)O2. The summed E-state index contributed by atoms with van der Waals surface area (Å²) in [4.78, 5) is 25.6. The number of anilines is 1. The molecule has 1 aliphatic heterocycles. The molecule has 0 radical (unpaired) electrons. The van der Waals surface area contributed by atoms with Crippen LogP contribution >= 0.6 is 0 Å². The van der Waals surface area contributed by atoms with Crippen molar-refractivity contribution in [3.63, 3.8) is 0 Å². The van der Waals surface area contributed by atoms with Gasteiger partial charge in [0, 0.05) is 19.5 Å². The van der Waals surface area contributed by atoms with E-state index in [-0.39, 0.29) is 17.7 Å². The third kappa shape index (κ3) is 3.84. The minimum absolute atomic E-state index is 0.0447. The molecular weight excluding hydrogens is 292 g/mol. The van der Waals surface area contributed by atoms with Crippen molar-refractivity contribution in [1.29, 1.82) is 0 Å². The molecule has 5 heteroatoms. The number of carbonyl (C=O) groups excluding carboxylic acids is 2. The standard InChI is InChI=1S/C18H26N2O3/c1-5-14(6-2)17(21)19-10-9-13-7-8-16-15(11-13)20(4)18(22)12(3)23-16/h7-8,11-12,14H,5-6,9-10H2,1-4H3,(H,19,21). The van der Waals surface area contributed by atoms with E-state index in [0.717, 1.165) is 36.3 Å². The van der Waals surface area contributed by atoms with Gasteiger partial charge in [0.2, 0.25) is 5.91 Å². The number of amides is 2. The third-order valence-corrected chi connectivity index (χ3v) is 4.44. The van der Waals surface area contributed by atoms with Gasteiger partial charge >= 0.3 is 0 Å². The van der Waals surface area contributed by atoms with E-state index < -0.39 is 6.10 Å². The van der Waals surface area contributed by atoms with Crippen molar-refractivity contribution < 1.29 is 14.3 Å². The summed E-state index contributed by atoms with van der Waals surface area (Å²) >= 11 is 0. The average Bonchev–Trinajstić information content (AvgIpc) is 2.54. The number of hydrogen-bond acceptors (Lipinski definition) is 3. The van der Waals surface area contributed by atoms with Gasteiger partial charge < -0.3 is 15.0 Å². The van der Waals surface area contributed by atoms with Crippen molar-refractivity contribution in [2.45, 2.75) is 46.1 Å². The van der Waals surface area contributed by atoms with Crippen LogP contribution in [0.15, 0.2) is 18.2 Å². The van der Waals surface area contributed by atoms with Crippen LogP contribution in [0.2, 0.25) is 0 Å². The van der Waals surface area contributed by atoms with Crippen molar-refractivity contribution >= 4 is 17.5 Å². The van der Waals surface area contributed by atoms with Gasteiger partial charge in [0.25, 0.3) is 5.91 Å². The molecule has 0 aliphatic carbocycles. The fourth-order valence-electron chi connectivity index (χ4n) is 2.85. The van der Waals surface area contributed by atoms with Gasteiger partial charge in [0.15, 0.2) is 6.10 Å². The van der Waals surface area contributed by atoms with E-state index in [1.165, 1.54) is 0 Å². The first-order chi connectivity index (χ1) is 11.0. The summed E-state index contributed by atoms with van der Waals surface area (Å²) in [6.07, 6.45) is 2.02. The zero-order valence-electron chi connectivity index (χ0n) is 14.4. The van der Waals surface area contributed by atoms with Gasteiger partial charge in [0.05, 0.1) is 5.69 Å². The molecule has 1 heterocycles. The van der Waals surface area contributed by atoms with Crippen LogP contribution < -0.4 is 15.0 Å². The van der Waals surface area contributed by atoms with E-state index in [2.05, 4.69) is 5.32 Å². The number of rotatable bonds is 6. The van der Waals surface area contributed by atoms with Gasteiger partial charge in [-0.25, -0.2) is 0 Å². The molecule has 2 amide bonds. The van der Waals surface area contributed by atoms with Crippen LogP contribution in [0, 0.1) is 5.92 Å². The van der Waals surface area contributed by atoms with Crippen LogP contribution in [0.25, 0.3) is 0 Å². The highest BCUT2D eigenvalue weighted by atomic mass is 16.5. The van der Waals surface area contributed by atoms with E-state index >= 15 is 0 Å². The molecule has 0 spiro atoms. The second-order valence-corrected chi connectivity index (χ2v) is 6.01. The number of fused-ring (bicyclic) bond motifs is 1. The number of nitrogens with zero attached hydrogens (tertiary/aromatic N) is 1. The third-order valence-electron chi connectivity index (χ3n) is 4.44. The summed E-state index contributed by atoms with van der Waals surface area (Å²) < 4.78 is 5.61. The molecule has 126 valence electrons. The number of carbonyl (C=O) groups is 2. The van der Waals surface area contributed by atoms with Crippen LogP contribution in [0.4, 0.5) is 5.69 Å². The summed E-state index contributed by atoms with van der Waals surface area (Å²) in [5.41, 5.74) is 1.86. The molecule has 0 bridgehead atoms. The quantitative estimate of drug-likeness (QED) is 0.877. The monoisotopic (exact) mass is 318 g/mol. The molecule has 1 atom stereocenters. The Labute approximate surface area is 138 Å². The normalized spacial score (nSPS) is 17.0. The van der Waals surface area contributed by atoms with Crippen molar-refractivity contribution in [3.8, 4) is 5.75 Å². The molecule has 1 aromatic carbocycles. The van der Waals surface area contributed by atoms with Gasteiger partial charge in [-0.05, 0) is 43.9 Å². The number of benzene rings is 1. The number of likely N-dealkylation sites (N-methyl/N-ethyl adjacent to an activating group) is 1. The molecule has 5 nitrogen and oxygen atoms in total. The van der Waals surface area contributed by atoms with Crippen LogP contribution in [0.5, 0.6) is 5.75 Å². The topological polar surface area (TPSA) is 58.6 Å². The fraction of sp³-hybridized carbons (Fsp3) is 0.556. The Morgan fingerprint density at radius 1 is 1.35 bits per heavy atom. The van der Waals surface area contributed by atoms with Crippen molar-refractivity contribution in [1.82, 2.24) is 5.32 Å². The van der Waals surface area contributed by atoms with E-state index in [1.807, 2.05) is 32.0 Å². The predicted octanol–water partition coefficient (Wildman–Crippen LogP) is 2.53. The minimum atomic E-state index is -0.447. The highest BCUT2D eigenvalue weighted by Gasteiger charge is 2.28. The maximum absolute atomic E-state index is 12.0. The maximum Gasteiger partial charge on any atom is 0.267 e. The number of ether oxygens (including phenoxy) is 1. The Hall–Kier alpha value is -2.04. The average molecular weight is 318 g/mol. The molecule has 23 heavy (non-hydrogen) atoms. The molecule has 0 saturated heterocycles. The van der Waals surface area contributed by atoms with E-state index in [0.29, 0.717) is 6.54 Å². The predicted molar refractivity (Wildman–Crippen MR) is 90.7 cm³/mol. The minimum Gasteiger partial charge on any atom is -0.479 e. The largest absolute Gasteiger partial charge is 0.479 e. The van der Waals surface area contributed by atoms with Crippen LogP contribution in [-0.4, -0.2) is 31.5 Å². The van der Waals surface area contributed by atoms with Gasteiger partial charge in [0.1, 0.15) is 5.75 Å². The second kappa shape index (κ2) is 7.49. The van der Waals surface area contributed by atoms with Gasteiger partial charge in [-0.15, -0.1) is 0 Å². The molecule has 1 N–H and O–H groups in total. The van der Waals surface area contributed by atoms with E-state index in [4.69, 9.17) is 4.74 Å². The lowest BCUT2D eigenvalue weighted by molar-refractivity contribution is -0.125. The zero-order chi connectivity index (χ0) is 17.0. The van der Waals surface area contributed by atoms with Crippen LogP contribution in [0.3, 0.4) is 0 Å². The molecule has 1 aliphatic rings. The number of hydrogen-bond donors (Lipinski definition) is 1. The van der Waals surface area contributed by atoms with Gasteiger partial charge in [-0.3, -0.25) is 9.59 Å². The first kappa shape index (κ1) is 17.3. The lowest BCUT2D eigenvalue weighted by atomic mass is 10.0. The lowest BCUT2D eigenvalue weighted by Crippen LogP contribution is -2.42. The van der Waals surface area contributed by atoms with Crippen molar-refractivity contribution in [2.24, 2.45) is 5.92 Å². The molecule has 0 saturated carbocycles. The van der Waals surface area contributed by atoms with Gasteiger partial charge in [-0.2, -0.15) is 0 Å².